The van der Waals surface area contributed by atoms with Crippen LogP contribution in [-0.4, -0.2) is 88.6 Å². The Balaban J connectivity index is 1.48. The number of fused-ring (bicyclic) bond motifs is 1. The molecule has 15 nitrogen and oxygen atoms in total. The number of benzene rings is 2. The highest BCUT2D eigenvalue weighted by Crippen LogP contribution is 2.42. The van der Waals surface area contributed by atoms with Gasteiger partial charge < -0.3 is 49.1 Å². The lowest BCUT2D eigenvalue weighted by Crippen LogP contribution is -2.46. The molecule has 15 heteroatoms. The van der Waals surface area contributed by atoms with Gasteiger partial charge in [-0.1, -0.05) is 0 Å². The van der Waals surface area contributed by atoms with Crippen LogP contribution in [0.1, 0.15) is 31.7 Å². The van der Waals surface area contributed by atoms with Crippen LogP contribution in [0.3, 0.4) is 0 Å². The number of anilines is 1. The summed E-state index contributed by atoms with van der Waals surface area (Å²) in [6.07, 6.45) is -4.50. The van der Waals surface area contributed by atoms with Gasteiger partial charge in [0.25, 0.3) is 0 Å². The average molecular weight is 640 g/mol. The topological polar surface area (TPSA) is 192 Å². The number of nitrogen functional groups attached to an aromatic ring is 1. The van der Waals surface area contributed by atoms with Crippen LogP contribution >= 0.6 is 0 Å². The molecule has 1 fully saturated rings. The zero-order valence-corrected chi connectivity index (χ0v) is 26.2. The number of hydrogen-bond acceptors (Lipinski definition) is 14. The predicted molar refractivity (Wildman–Crippen MR) is 163 cm³/mol. The van der Waals surface area contributed by atoms with Gasteiger partial charge in [-0.2, -0.15) is 0 Å². The Morgan fingerprint density at radius 3 is 2.17 bits per heavy atom. The summed E-state index contributed by atoms with van der Waals surface area (Å²) in [6, 6.07) is 9.94. The summed E-state index contributed by atoms with van der Waals surface area (Å²) in [5.41, 5.74) is 7.16. The predicted octanol–water partition coefficient (Wildman–Crippen LogP) is 2.45. The van der Waals surface area contributed by atoms with Crippen LogP contribution < -0.4 is 29.4 Å². The molecule has 2 aromatic heterocycles. The Morgan fingerprint density at radius 1 is 0.913 bits per heavy atom. The second-order valence-corrected chi connectivity index (χ2v) is 10.6. The Labute approximate surface area is 264 Å². The van der Waals surface area contributed by atoms with Crippen molar-refractivity contribution in [3.8, 4) is 28.7 Å². The summed E-state index contributed by atoms with van der Waals surface area (Å²) in [6.45, 7) is 3.35. The Bertz CT molecular complexity index is 1640. The zero-order chi connectivity index (χ0) is 33.1. The molecule has 1 aliphatic heterocycles. The monoisotopic (exact) mass is 639 g/mol. The van der Waals surface area contributed by atoms with Gasteiger partial charge in [0.1, 0.15) is 47.8 Å². The molecule has 1 aliphatic rings. The number of aliphatic hydroxyl groups is 2. The van der Waals surface area contributed by atoms with Crippen LogP contribution in [0, 0.1) is 5.92 Å². The average Bonchev–Trinajstić information content (AvgIpc) is 3.63. The third-order valence-corrected chi connectivity index (χ3v) is 7.92. The van der Waals surface area contributed by atoms with Crippen LogP contribution in [0.4, 0.5) is 5.82 Å². The molecule has 0 radical (unpaired) electrons. The normalized spacial score (nSPS) is 21.4. The van der Waals surface area contributed by atoms with Crippen molar-refractivity contribution in [2.75, 3.05) is 34.2 Å². The van der Waals surface area contributed by atoms with Crippen LogP contribution in [0.5, 0.6) is 28.7 Å². The molecule has 0 amide bonds. The molecule has 2 aromatic carbocycles. The van der Waals surface area contributed by atoms with Crippen molar-refractivity contribution in [3.63, 3.8) is 0 Å². The number of imidazole rings is 1. The van der Waals surface area contributed by atoms with Crippen molar-refractivity contribution in [3.05, 3.63) is 54.6 Å². The van der Waals surface area contributed by atoms with Crippen LogP contribution in [0.15, 0.2) is 49.1 Å². The smallest absolute Gasteiger partial charge is 0.316 e. The van der Waals surface area contributed by atoms with Gasteiger partial charge in [-0.05, 0) is 55.8 Å². The first-order valence-corrected chi connectivity index (χ1v) is 14.4. The van der Waals surface area contributed by atoms with E-state index in [2.05, 4.69) is 15.0 Å². The third kappa shape index (κ3) is 6.22. The van der Waals surface area contributed by atoms with E-state index in [1.807, 2.05) is 0 Å². The van der Waals surface area contributed by atoms with Crippen molar-refractivity contribution in [1.82, 2.24) is 19.5 Å². The molecule has 3 heterocycles. The van der Waals surface area contributed by atoms with Crippen molar-refractivity contribution < 1.29 is 48.2 Å². The molecule has 1 saturated heterocycles. The van der Waals surface area contributed by atoms with E-state index in [1.165, 1.54) is 45.7 Å². The van der Waals surface area contributed by atoms with Crippen LogP contribution in [0.25, 0.3) is 11.2 Å². The van der Waals surface area contributed by atoms with E-state index >= 15 is 0 Å². The second kappa shape index (κ2) is 13.7. The summed E-state index contributed by atoms with van der Waals surface area (Å²) in [5, 5.41) is 22.5. The molecule has 0 aliphatic carbocycles. The fourth-order valence-corrected chi connectivity index (χ4v) is 5.36. The summed E-state index contributed by atoms with van der Waals surface area (Å²) in [7, 11) is 6.02. The number of esters is 1. The van der Waals surface area contributed by atoms with Gasteiger partial charge in [-0.3, -0.25) is 9.36 Å². The van der Waals surface area contributed by atoms with Crippen molar-refractivity contribution >= 4 is 23.0 Å². The lowest BCUT2D eigenvalue weighted by atomic mass is 9.94. The number of carbonyl (C=O) groups excluding carboxylic acids is 1. The highest BCUT2D eigenvalue weighted by atomic mass is 16.6. The Hall–Kier alpha value is -4.70. The molecule has 46 heavy (non-hydrogen) atoms. The molecule has 5 rings (SSSR count). The maximum atomic E-state index is 13.5. The van der Waals surface area contributed by atoms with Gasteiger partial charge in [0.05, 0.1) is 46.8 Å². The number of hydrogen-bond donors (Lipinski definition) is 3. The van der Waals surface area contributed by atoms with Crippen LogP contribution in [-0.2, 0) is 14.3 Å². The van der Waals surface area contributed by atoms with E-state index < -0.39 is 48.6 Å². The van der Waals surface area contributed by atoms with E-state index in [4.69, 9.17) is 38.9 Å². The number of carbonyl (C=O) groups is 1. The van der Waals surface area contributed by atoms with Gasteiger partial charge >= 0.3 is 5.97 Å². The Kier molecular flexibility index (Phi) is 9.76. The van der Waals surface area contributed by atoms with Crippen molar-refractivity contribution in [2.45, 2.75) is 50.6 Å². The molecule has 0 bridgehead atoms. The molecular formula is C31H37N5O10. The third-order valence-electron chi connectivity index (χ3n) is 7.92. The fraction of sp³-hybridized carbons (Fsp3) is 0.419. The first-order valence-electron chi connectivity index (χ1n) is 14.4. The van der Waals surface area contributed by atoms with E-state index in [0.717, 1.165) is 0 Å². The van der Waals surface area contributed by atoms with Gasteiger partial charge in [0.15, 0.2) is 29.2 Å². The number of nitrogens with zero attached hydrogens (tertiary/aromatic N) is 4. The highest BCUT2D eigenvalue weighted by molar-refractivity contribution is 5.81. The number of ether oxygens (including phenoxy) is 7. The SMILES string of the molecule is COc1ccc(OC(=O)C(C)C(OC(C)c2cc(OC)c(OC)c(OC)c2)[C@H]2O[C@@H](n3cnc4c(N)ncnc43)[C@H](O)[C@@H]2O)cc1. The largest absolute Gasteiger partial charge is 0.497 e. The first-order chi connectivity index (χ1) is 22.1. The minimum Gasteiger partial charge on any atom is -0.497 e. The lowest BCUT2D eigenvalue weighted by Gasteiger charge is -2.32. The van der Waals surface area contributed by atoms with Crippen molar-refractivity contribution in [1.29, 1.82) is 0 Å². The summed E-state index contributed by atoms with van der Waals surface area (Å²) in [4.78, 5) is 25.9. The number of nitrogens with two attached hydrogens (primary N) is 1. The molecule has 246 valence electrons. The molecule has 3 unspecified atom stereocenters. The molecule has 4 N–H and O–H groups in total. The summed E-state index contributed by atoms with van der Waals surface area (Å²) in [5.74, 6) is 0.546. The minimum absolute atomic E-state index is 0.142. The van der Waals surface area contributed by atoms with Gasteiger partial charge in [0, 0.05) is 0 Å². The molecule has 0 saturated carbocycles. The van der Waals surface area contributed by atoms with E-state index in [1.54, 1.807) is 50.2 Å². The van der Waals surface area contributed by atoms with E-state index in [9.17, 15) is 15.0 Å². The number of aliphatic hydroxyl groups excluding tert-OH is 2. The van der Waals surface area contributed by atoms with Gasteiger partial charge in [-0.25, -0.2) is 15.0 Å². The standard InChI is InChI=1S/C31H37N5O10/c1-15(31(39)45-19-9-7-18(40-3)8-10-19)25(44-16(2)17-11-20(41-4)26(43-6)21(12-17)42-5)27-23(37)24(38)30(46-27)36-14-35-22-28(32)33-13-34-29(22)36/h7-16,23-25,27,30,37-38H,1-6H3,(H2,32,33,34)/t15?,16?,23-,24+,25?,27-,30+/m0/s1. The molecule has 0 spiro atoms. The van der Waals surface area contributed by atoms with Crippen molar-refractivity contribution in [2.24, 2.45) is 5.92 Å². The zero-order valence-electron chi connectivity index (χ0n) is 26.2. The molecular weight excluding hydrogens is 602 g/mol. The highest BCUT2D eigenvalue weighted by Gasteiger charge is 2.51. The lowest BCUT2D eigenvalue weighted by molar-refractivity contribution is -0.165. The maximum Gasteiger partial charge on any atom is 0.316 e. The molecule has 7 atom stereocenters. The fourth-order valence-electron chi connectivity index (χ4n) is 5.36. The summed E-state index contributed by atoms with van der Waals surface area (Å²) < 4.78 is 41.5. The molecule has 4 aromatic rings. The second-order valence-electron chi connectivity index (χ2n) is 10.6. The number of rotatable bonds is 12. The number of methoxy groups -OCH3 is 4. The maximum absolute atomic E-state index is 13.5. The van der Waals surface area contributed by atoms with Crippen LogP contribution in [0.2, 0.25) is 0 Å². The van der Waals surface area contributed by atoms with Gasteiger partial charge in [0.2, 0.25) is 5.75 Å². The van der Waals surface area contributed by atoms with E-state index in [0.29, 0.717) is 39.7 Å². The Morgan fingerprint density at radius 2 is 1.57 bits per heavy atom. The minimum atomic E-state index is -1.49. The number of aromatic nitrogens is 4. The summed E-state index contributed by atoms with van der Waals surface area (Å²) >= 11 is 0. The van der Waals surface area contributed by atoms with Gasteiger partial charge in [-0.15, -0.1) is 0 Å². The quantitative estimate of drug-likeness (QED) is 0.151. The van der Waals surface area contributed by atoms with E-state index in [-0.39, 0.29) is 11.6 Å². The first kappa shape index (κ1) is 32.7.